The Hall–Kier alpha value is -1.52. The molecule has 1 N–H and O–H groups in total. The van der Waals surface area contributed by atoms with Crippen molar-refractivity contribution in [3.05, 3.63) is 58.1 Å². The van der Waals surface area contributed by atoms with Gasteiger partial charge in [0.25, 0.3) is 0 Å². The topological polar surface area (TPSA) is 30.5 Å². The highest BCUT2D eigenvalue weighted by Gasteiger charge is 2.23. The lowest BCUT2D eigenvalue weighted by Gasteiger charge is -2.14. The molecule has 1 aliphatic rings. The predicted molar refractivity (Wildman–Crippen MR) is 82.2 cm³/mol. The first-order valence-electron chi connectivity index (χ1n) is 6.55. The van der Waals surface area contributed by atoms with E-state index in [9.17, 15) is 0 Å². The number of fused-ring (bicyclic) bond motifs is 1. The van der Waals surface area contributed by atoms with Crippen molar-refractivity contribution >= 4 is 15.9 Å². The predicted octanol–water partition coefficient (Wildman–Crippen LogP) is 3.68. The van der Waals surface area contributed by atoms with Gasteiger partial charge in [0.2, 0.25) is 0 Å². The van der Waals surface area contributed by atoms with Gasteiger partial charge in [0.15, 0.2) is 0 Å². The van der Waals surface area contributed by atoms with Gasteiger partial charge in [0.05, 0.1) is 13.2 Å². The third kappa shape index (κ3) is 2.67. The summed E-state index contributed by atoms with van der Waals surface area (Å²) in [6, 6.07) is 14.4. The van der Waals surface area contributed by atoms with Gasteiger partial charge in [-0.1, -0.05) is 34.1 Å². The molecule has 0 spiro atoms. The Bertz CT molecular complexity index is 615. The Kier molecular flexibility index (Phi) is 3.94. The van der Waals surface area contributed by atoms with E-state index in [0.29, 0.717) is 6.61 Å². The molecule has 1 heterocycles. The van der Waals surface area contributed by atoms with Crippen molar-refractivity contribution in [3.8, 4) is 11.5 Å². The standard InChI is InChI=1S/C16H16BrNO2/c1-19-15-7-6-12(17)8-11(15)9-18-14-10-20-16-5-3-2-4-13(14)16/h2-8,14,18H,9-10H2,1H3. The summed E-state index contributed by atoms with van der Waals surface area (Å²) < 4.78 is 12.1. The van der Waals surface area contributed by atoms with Crippen LogP contribution >= 0.6 is 15.9 Å². The van der Waals surface area contributed by atoms with Crippen molar-refractivity contribution in [1.82, 2.24) is 5.32 Å². The first-order valence-corrected chi connectivity index (χ1v) is 7.35. The fourth-order valence-electron chi connectivity index (χ4n) is 2.45. The number of halogens is 1. The first-order chi connectivity index (χ1) is 9.78. The SMILES string of the molecule is COc1ccc(Br)cc1CNC1COc2ccccc21. The van der Waals surface area contributed by atoms with Crippen LogP contribution in [0.4, 0.5) is 0 Å². The normalized spacial score (nSPS) is 16.6. The highest BCUT2D eigenvalue weighted by atomic mass is 79.9. The van der Waals surface area contributed by atoms with Crippen molar-refractivity contribution in [1.29, 1.82) is 0 Å². The van der Waals surface area contributed by atoms with E-state index >= 15 is 0 Å². The number of hydrogen-bond acceptors (Lipinski definition) is 3. The lowest BCUT2D eigenvalue weighted by Crippen LogP contribution is -2.22. The van der Waals surface area contributed by atoms with Crippen LogP contribution in [0.2, 0.25) is 0 Å². The van der Waals surface area contributed by atoms with Crippen molar-refractivity contribution in [2.24, 2.45) is 0 Å². The molecule has 3 nitrogen and oxygen atoms in total. The van der Waals surface area contributed by atoms with E-state index in [1.807, 2.05) is 30.3 Å². The van der Waals surface area contributed by atoms with Crippen LogP contribution < -0.4 is 14.8 Å². The summed E-state index contributed by atoms with van der Waals surface area (Å²) in [6.07, 6.45) is 0. The zero-order chi connectivity index (χ0) is 13.9. The summed E-state index contributed by atoms with van der Waals surface area (Å²) in [7, 11) is 1.70. The van der Waals surface area contributed by atoms with Crippen LogP contribution in [0.5, 0.6) is 11.5 Å². The van der Waals surface area contributed by atoms with Crippen LogP contribution in [0.15, 0.2) is 46.9 Å². The van der Waals surface area contributed by atoms with Crippen LogP contribution in [0.3, 0.4) is 0 Å². The Balaban J connectivity index is 1.73. The average Bonchev–Trinajstić information content (AvgIpc) is 2.88. The van der Waals surface area contributed by atoms with E-state index in [1.165, 1.54) is 5.56 Å². The Morgan fingerprint density at radius 2 is 2.15 bits per heavy atom. The van der Waals surface area contributed by atoms with Gasteiger partial charge in [-0.05, 0) is 24.3 Å². The molecule has 0 saturated heterocycles. The number of hydrogen-bond donors (Lipinski definition) is 1. The number of para-hydroxylation sites is 1. The van der Waals surface area contributed by atoms with E-state index in [-0.39, 0.29) is 6.04 Å². The van der Waals surface area contributed by atoms with Crippen LogP contribution in [-0.4, -0.2) is 13.7 Å². The molecule has 2 aromatic rings. The number of nitrogens with one attached hydrogen (secondary N) is 1. The summed E-state index contributed by atoms with van der Waals surface area (Å²) in [4.78, 5) is 0. The minimum absolute atomic E-state index is 0.231. The Morgan fingerprint density at radius 1 is 1.30 bits per heavy atom. The molecule has 1 aliphatic heterocycles. The summed E-state index contributed by atoms with van der Waals surface area (Å²) >= 11 is 3.50. The van der Waals surface area contributed by atoms with Crippen molar-refractivity contribution in [2.45, 2.75) is 12.6 Å². The van der Waals surface area contributed by atoms with E-state index < -0.39 is 0 Å². The maximum atomic E-state index is 5.68. The highest BCUT2D eigenvalue weighted by Crippen LogP contribution is 2.32. The fourth-order valence-corrected chi connectivity index (χ4v) is 2.86. The second-order valence-corrected chi connectivity index (χ2v) is 5.65. The molecule has 3 rings (SSSR count). The second kappa shape index (κ2) is 5.85. The molecule has 0 aromatic heterocycles. The van der Waals surface area contributed by atoms with Crippen molar-refractivity contribution in [3.63, 3.8) is 0 Å². The van der Waals surface area contributed by atoms with Gasteiger partial charge in [0, 0.05) is 22.1 Å². The number of benzene rings is 2. The fraction of sp³-hybridized carbons (Fsp3) is 0.250. The molecule has 1 unspecified atom stereocenters. The van der Waals surface area contributed by atoms with Crippen LogP contribution in [0.25, 0.3) is 0 Å². The minimum Gasteiger partial charge on any atom is -0.496 e. The van der Waals surface area contributed by atoms with Gasteiger partial charge in [-0.15, -0.1) is 0 Å². The summed E-state index contributed by atoms with van der Waals surface area (Å²) in [5.74, 6) is 1.87. The lowest BCUT2D eigenvalue weighted by molar-refractivity contribution is 0.309. The summed E-state index contributed by atoms with van der Waals surface area (Å²) in [6.45, 7) is 1.42. The molecule has 0 fully saturated rings. The van der Waals surface area contributed by atoms with Gasteiger partial charge in [-0.2, -0.15) is 0 Å². The van der Waals surface area contributed by atoms with Crippen LogP contribution in [0, 0.1) is 0 Å². The highest BCUT2D eigenvalue weighted by molar-refractivity contribution is 9.10. The Labute approximate surface area is 127 Å². The van der Waals surface area contributed by atoms with E-state index in [2.05, 4.69) is 33.4 Å². The molecular weight excluding hydrogens is 318 g/mol. The maximum absolute atomic E-state index is 5.68. The molecule has 20 heavy (non-hydrogen) atoms. The van der Waals surface area contributed by atoms with Gasteiger partial charge < -0.3 is 14.8 Å². The zero-order valence-corrected chi connectivity index (χ0v) is 12.8. The van der Waals surface area contributed by atoms with Gasteiger partial charge in [0.1, 0.15) is 18.1 Å². The van der Waals surface area contributed by atoms with Crippen LogP contribution in [0.1, 0.15) is 17.2 Å². The molecule has 0 radical (unpaired) electrons. The molecule has 0 bridgehead atoms. The molecule has 0 saturated carbocycles. The summed E-state index contributed by atoms with van der Waals surface area (Å²) in [5, 5.41) is 3.53. The second-order valence-electron chi connectivity index (χ2n) is 4.74. The van der Waals surface area contributed by atoms with Crippen molar-refractivity contribution < 1.29 is 9.47 Å². The molecule has 4 heteroatoms. The quantitative estimate of drug-likeness (QED) is 0.925. The number of methoxy groups -OCH3 is 1. The van der Waals surface area contributed by atoms with Gasteiger partial charge in [-0.25, -0.2) is 0 Å². The molecule has 2 aromatic carbocycles. The van der Waals surface area contributed by atoms with Crippen molar-refractivity contribution in [2.75, 3.05) is 13.7 Å². The third-order valence-corrected chi connectivity index (χ3v) is 3.97. The molecular formula is C16H16BrNO2. The maximum Gasteiger partial charge on any atom is 0.124 e. The van der Waals surface area contributed by atoms with E-state index in [0.717, 1.165) is 28.1 Å². The van der Waals surface area contributed by atoms with Crippen LogP contribution in [-0.2, 0) is 6.54 Å². The Morgan fingerprint density at radius 3 is 3.00 bits per heavy atom. The zero-order valence-electron chi connectivity index (χ0n) is 11.2. The molecule has 1 atom stereocenters. The monoisotopic (exact) mass is 333 g/mol. The number of ether oxygens (including phenoxy) is 2. The smallest absolute Gasteiger partial charge is 0.124 e. The van der Waals surface area contributed by atoms with E-state index in [4.69, 9.17) is 9.47 Å². The number of rotatable bonds is 4. The molecule has 104 valence electrons. The van der Waals surface area contributed by atoms with E-state index in [1.54, 1.807) is 7.11 Å². The lowest BCUT2D eigenvalue weighted by atomic mass is 10.1. The van der Waals surface area contributed by atoms with Gasteiger partial charge in [-0.3, -0.25) is 0 Å². The third-order valence-electron chi connectivity index (χ3n) is 3.48. The average molecular weight is 334 g/mol. The molecule has 0 amide bonds. The largest absolute Gasteiger partial charge is 0.496 e. The van der Waals surface area contributed by atoms with Gasteiger partial charge >= 0.3 is 0 Å². The summed E-state index contributed by atoms with van der Waals surface area (Å²) in [5.41, 5.74) is 2.35. The minimum atomic E-state index is 0.231. The first kappa shape index (κ1) is 13.5. The molecule has 0 aliphatic carbocycles.